The van der Waals surface area contributed by atoms with Crippen molar-refractivity contribution in [1.29, 1.82) is 0 Å². The van der Waals surface area contributed by atoms with E-state index in [-0.39, 0.29) is 11.6 Å². The van der Waals surface area contributed by atoms with Crippen LogP contribution in [-0.4, -0.2) is 21.2 Å². The molecular weight excluding hydrogens is 264 g/mol. The van der Waals surface area contributed by atoms with Gasteiger partial charge >= 0.3 is 0 Å². The number of aromatic nitrogens is 2. The van der Waals surface area contributed by atoms with Gasteiger partial charge in [-0.2, -0.15) is 4.98 Å². The Labute approximate surface area is 113 Å². The fourth-order valence-electron chi connectivity index (χ4n) is 1.55. The molecule has 4 N–H and O–H groups in total. The van der Waals surface area contributed by atoms with Crippen molar-refractivity contribution in [3.8, 4) is 5.69 Å². The summed E-state index contributed by atoms with van der Waals surface area (Å²) in [4.78, 5) is 26.1. The summed E-state index contributed by atoms with van der Waals surface area (Å²) < 4.78 is 1.61. The first-order chi connectivity index (χ1) is 9.08. The van der Waals surface area contributed by atoms with Gasteiger partial charge in [-0.3, -0.25) is 14.2 Å². The van der Waals surface area contributed by atoms with E-state index in [2.05, 4.69) is 4.98 Å². The zero-order valence-corrected chi connectivity index (χ0v) is 10.8. The Kier molecular flexibility index (Phi) is 3.86. The first-order valence-electron chi connectivity index (χ1n) is 5.44. The molecule has 1 amide bonds. The van der Waals surface area contributed by atoms with Crippen molar-refractivity contribution in [3.63, 3.8) is 0 Å². The van der Waals surface area contributed by atoms with Crippen molar-refractivity contribution in [1.82, 2.24) is 9.55 Å². The molecule has 0 atom stereocenters. The molecule has 0 aliphatic heterocycles. The molecule has 0 unspecified atom stereocenters. The Morgan fingerprint density at radius 3 is 2.63 bits per heavy atom. The van der Waals surface area contributed by atoms with Crippen LogP contribution in [0, 0.1) is 0 Å². The fraction of sp³-hybridized carbons (Fsp3) is 0.0833. The SMILES string of the molecule is NC(=O)CSc1nc(=O)cc(N)n1-c1ccccc1. The van der Waals surface area contributed by atoms with Gasteiger partial charge in [0.15, 0.2) is 5.16 Å². The number of primary amides is 1. The van der Waals surface area contributed by atoms with Crippen LogP contribution in [0.5, 0.6) is 0 Å². The number of carbonyl (C=O) groups is 1. The van der Waals surface area contributed by atoms with Gasteiger partial charge < -0.3 is 11.5 Å². The van der Waals surface area contributed by atoms with Crippen molar-refractivity contribution < 1.29 is 4.79 Å². The van der Waals surface area contributed by atoms with Crippen molar-refractivity contribution in [2.24, 2.45) is 5.73 Å². The van der Waals surface area contributed by atoms with E-state index in [1.807, 2.05) is 30.3 Å². The molecule has 0 aliphatic carbocycles. The van der Waals surface area contributed by atoms with Gasteiger partial charge in [0, 0.05) is 11.8 Å². The van der Waals surface area contributed by atoms with E-state index in [0.717, 1.165) is 17.4 Å². The van der Waals surface area contributed by atoms with E-state index in [0.29, 0.717) is 5.16 Å². The van der Waals surface area contributed by atoms with Crippen LogP contribution in [0.25, 0.3) is 5.69 Å². The number of nitrogen functional groups attached to an aromatic ring is 1. The van der Waals surface area contributed by atoms with E-state index < -0.39 is 11.5 Å². The van der Waals surface area contributed by atoms with Gasteiger partial charge in [-0.25, -0.2) is 0 Å². The third kappa shape index (κ3) is 3.14. The summed E-state index contributed by atoms with van der Waals surface area (Å²) in [6.45, 7) is 0. The summed E-state index contributed by atoms with van der Waals surface area (Å²) in [5.41, 5.74) is 11.3. The second kappa shape index (κ2) is 5.57. The maximum Gasteiger partial charge on any atom is 0.275 e. The van der Waals surface area contributed by atoms with Crippen LogP contribution in [-0.2, 0) is 4.79 Å². The van der Waals surface area contributed by atoms with E-state index in [1.54, 1.807) is 4.57 Å². The molecule has 6 nitrogen and oxygen atoms in total. The number of nitrogens with zero attached hydrogens (tertiary/aromatic N) is 2. The first-order valence-corrected chi connectivity index (χ1v) is 6.42. The molecule has 98 valence electrons. The number of benzene rings is 1. The normalized spacial score (nSPS) is 10.3. The lowest BCUT2D eigenvalue weighted by atomic mass is 10.3. The van der Waals surface area contributed by atoms with Crippen LogP contribution in [0.15, 0.2) is 46.3 Å². The molecule has 0 saturated heterocycles. The lowest BCUT2D eigenvalue weighted by Gasteiger charge is -2.13. The molecule has 7 heteroatoms. The molecule has 1 aromatic heterocycles. The molecule has 2 rings (SSSR count). The van der Waals surface area contributed by atoms with Crippen molar-refractivity contribution in [2.75, 3.05) is 11.5 Å². The Bertz CT molecular complexity index is 655. The Morgan fingerprint density at radius 2 is 2.00 bits per heavy atom. The lowest BCUT2D eigenvalue weighted by molar-refractivity contribution is -0.115. The number of hydrogen-bond acceptors (Lipinski definition) is 5. The molecule has 1 aromatic carbocycles. The Hall–Kier alpha value is -2.28. The monoisotopic (exact) mass is 276 g/mol. The fourth-order valence-corrected chi connectivity index (χ4v) is 2.31. The highest BCUT2D eigenvalue weighted by Gasteiger charge is 2.11. The van der Waals surface area contributed by atoms with Gasteiger partial charge in [-0.1, -0.05) is 30.0 Å². The largest absolute Gasteiger partial charge is 0.385 e. The van der Waals surface area contributed by atoms with Crippen LogP contribution in [0.4, 0.5) is 5.82 Å². The molecule has 0 bridgehead atoms. The highest BCUT2D eigenvalue weighted by atomic mass is 32.2. The number of anilines is 1. The average molecular weight is 276 g/mol. The van der Waals surface area contributed by atoms with Gasteiger partial charge in [0.05, 0.1) is 5.75 Å². The molecule has 0 saturated carbocycles. The van der Waals surface area contributed by atoms with Crippen molar-refractivity contribution in [3.05, 3.63) is 46.8 Å². The van der Waals surface area contributed by atoms with Crippen LogP contribution in [0.3, 0.4) is 0 Å². The van der Waals surface area contributed by atoms with Crippen LogP contribution < -0.4 is 17.0 Å². The molecule has 0 fully saturated rings. The van der Waals surface area contributed by atoms with E-state index >= 15 is 0 Å². The zero-order chi connectivity index (χ0) is 13.8. The van der Waals surface area contributed by atoms with Gasteiger partial charge in [0.1, 0.15) is 5.82 Å². The summed E-state index contributed by atoms with van der Waals surface area (Å²) in [6, 6.07) is 10.5. The summed E-state index contributed by atoms with van der Waals surface area (Å²) >= 11 is 1.08. The molecule has 0 radical (unpaired) electrons. The van der Waals surface area contributed by atoms with Gasteiger partial charge in [0.25, 0.3) is 5.56 Å². The number of hydrogen-bond donors (Lipinski definition) is 2. The second-order valence-electron chi connectivity index (χ2n) is 3.73. The number of nitrogens with two attached hydrogens (primary N) is 2. The molecule has 1 heterocycles. The third-order valence-corrected chi connectivity index (χ3v) is 3.25. The number of para-hydroxylation sites is 1. The van der Waals surface area contributed by atoms with E-state index in [9.17, 15) is 9.59 Å². The van der Waals surface area contributed by atoms with Crippen LogP contribution >= 0.6 is 11.8 Å². The molecule has 19 heavy (non-hydrogen) atoms. The predicted octanol–water partition coefficient (Wildman–Crippen LogP) is 0.392. The lowest BCUT2D eigenvalue weighted by Crippen LogP contribution is -2.19. The Balaban J connectivity index is 2.52. The van der Waals surface area contributed by atoms with E-state index in [4.69, 9.17) is 11.5 Å². The summed E-state index contributed by atoms with van der Waals surface area (Å²) in [5, 5.41) is 0.343. The average Bonchev–Trinajstić information content (AvgIpc) is 2.36. The third-order valence-electron chi connectivity index (χ3n) is 2.28. The minimum atomic E-state index is -0.485. The van der Waals surface area contributed by atoms with Gasteiger partial charge in [0.2, 0.25) is 5.91 Å². The highest BCUT2D eigenvalue weighted by Crippen LogP contribution is 2.21. The first kappa shape index (κ1) is 13.2. The Morgan fingerprint density at radius 1 is 1.32 bits per heavy atom. The number of carbonyl (C=O) groups excluding carboxylic acids is 1. The number of rotatable bonds is 4. The minimum Gasteiger partial charge on any atom is -0.385 e. The van der Waals surface area contributed by atoms with Gasteiger partial charge in [-0.15, -0.1) is 0 Å². The van der Waals surface area contributed by atoms with Crippen molar-refractivity contribution >= 4 is 23.5 Å². The summed E-state index contributed by atoms with van der Waals surface area (Å²) in [7, 11) is 0. The molecule has 0 spiro atoms. The highest BCUT2D eigenvalue weighted by molar-refractivity contribution is 7.99. The summed E-state index contributed by atoms with van der Waals surface area (Å²) in [6.07, 6.45) is 0. The smallest absolute Gasteiger partial charge is 0.275 e. The second-order valence-corrected chi connectivity index (χ2v) is 4.67. The maximum atomic E-state index is 11.4. The summed E-state index contributed by atoms with van der Waals surface area (Å²) in [5.74, 6) is -0.192. The molecule has 0 aliphatic rings. The number of thioether (sulfide) groups is 1. The van der Waals surface area contributed by atoms with Crippen LogP contribution in [0.2, 0.25) is 0 Å². The van der Waals surface area contributed by atoms with E-state index in [1.165, 1.54) is 6.07 Å². The van der Waals surface area contributed by atoms with Crippen molar-refractivity contribution in [2.45, 2.75) is 5.16 Å². The standard InChI is InChI=1S/C12H12N4O2S/c13-9-6-11(18)15-12(19-7-10(14)17)16(9)8-4-2-1-3-5-8/h1-6H,7,13H2,(H2,14,17). The molecular formula is C12H12N4O2S. The van der Waals surface area contributed by atoms with Gasteiger partial charge in [-0.05, 0) is 12.1 Å². The maximum absolute atomic E-state index is 11.4. The predicted molar refractivity (Wildman–Crippen MR) is 74.2 cm³/mol. The number of amides is 1. The quantitative estimate of drug-likeness (QED) is 0.621. The molecule has 2 aromatic rings. The topological polar surface area (TPSA) is 104 Å². The van der Waals surface area contributed by atoms with Crippen LogP contribution in [0.1, 0.15) is 0 Å². The zero-order valence-electron chi connectivity index (χ0n) is 9.95. The minimum absolute atomic E-state index is 0.0305.